The van der Waals surface area contributed by atoms with Gasteiger partial charge >= 0.3 is 5.97 Å². The Kier molecular flexibility index (Phi) is 6.06. The Labute approximate surface area is 196 Å². The smallest absolute Gasteiger partial charge is 0.349 e. The van der Waals surface area contributed by atoms with Crippen LogP contribution in [0.5, 0.6) is 0 Å². The number of allylic oxidation sites excluding steroid dienone is 1. The highest BCUT2D eigenvalue weighted by Gasteiger charge is 2.22. The lowest BCUT2D eigenvalue weighted by atomic mass is 10.1. The van der Waals surface area contributed by atoms with Crippen molar-refractivity contribution in [1.82, 2.24) is 9.55 Å². The fourth-order valence-electron chi connectivity index (χ4n) is 3.41. The summed E-state index contributed by atoms with van der Waals surface area (Å²) in [6.45, 7) is 0.510. The summed E-state index contributed by atoms with van der Waals surface area (Å²) in [5, 5.41) is 10.9. The summed E-state index contributed by atoms with van der Waals surface area (Å²) >= 11 is 17.3. The van der Waals surface area contributed by atoms with E-state index in [1.54, 1.807) is 16.7 Å². The number of anilines is 1. The van der Waals surface area contributed by atoms with Gasteiger partial charge in [0.05, 0.1) is 10.9 Å². The molecule has 0 bridgehead atoms. The fourth-order valence-corrected chi connectivity index (χ4v) is 3.82. The molecule has 0 saturated heterocycles. The molecule has 1 aliphatic heterocycles. The number of aromatic nitrogens is 2. The highest BCUT2D eigenvalue weighted by molar-refractivity contribution is 6.54. The van der Waals surface area contributed by atoms with E-state index in [1.165, 1.54) is 12.1 Å². The number of carbonyl (C=O) groups excluding carboxylic acids is 1. The van der Waals surface area contributed by atoms with Crippen LogP contribution in [0, 0.1) is 0 Å². The maximum atomic E-state index is 13.0. The number of hydrogen-bond acceptors (Lipinski definition) is 4. The number of rotatable bonds is 4. The van der Waals surface area contributed by atoms with Crippen LogP contribution in [0.3, 0.4) is 0 Å². The fraction of sp³-hybridized carbons (Fsp3) is 0.0909. The van der Waals surface area contributed by atoms with Gasteiger partial charge in [-0.05, 0) is 54.0 Å². The molecule has 32 heavy (non-hydrogen) atoms. The molecule has 0 fully saturated rings. The van der Waals surface area contributed by atoms with Crippen molar-refractivity contribution in [3.05, 3.63) is 79.3 Å². The Bertz CT molecular complexity index is 1410. The first-order valence-electron chi connectivity index (χ1n) is 9.35. The van der Waals surface area contributed by atoms with Crippen LogP contribution < -0.4 is 10.9 Å². The molecule has 1 aliphatic rings. The van der Waals surface area contributed by atoms with Gasteiger partial charge in [0.1, 0.15) is 15.9 Å². The van der Waals surface area contributed by atoms with Crippen molar-refractivity contribution in [2.45, 2.75) is 13.0 Å². The molecule has 0 atom stereocenters. The number of aliphatic carboxylic acids is 1. The van der Waals surface area contributed by atoms with Gasteiger partial charge in [-0.3, -0.25) is 14.2 Å². The monoisotopic (exact) mass is 489 g/mol. The topological polar surface area (TPSA) is 101 Å². The minimum Gasteiger partial charge on any atom is -0.477 e. The van der Waals surface area contributed by atoms with E-state index in [0.29, 0.717) is 34.7 Å². The van der Waals surface area contributed by atoms with Crippen LogP contribution in [-0.2, 0) is 16.1 Å². The second-order valence-corrected chi connectivity index (χ2v) is 8.18. The predicted octanol–water partition coefficient (Wildman–Crippen LogP) is 4.71. The molecule has 2 N–H and O–H groups in total. The second-order valence-electron chi connectivity index (χ2n) is 6.99. The lowest BCUT2D eigenvalue weighted by Crippen LogP contribution is -2.21. The zero-order valence-electron chi connectivity index (χ0n) is 16.2. The molecule has 4 rings (SSSR count). The van der Waals surface area contributed by atoms with Crippen molar-refractivity contribution in [3.63, 3.8) is 0 Å². The van der Waals surface area contributed by atoms with Gasteiger partial charge in [0.25, 0.3) is 11.5 Å². The summed E-state index contributed by atoms with van der Waals surface area (Å²) in [5.41, 5.74) is 2.25. The number of carboxylic acid groups (broad SMARTS) is 1. The van der Waals surface area contributed by atoms with Crippen LogP contribution in [0.25, 0.3) is 22.6 Å². The summed E-state index contributed by atoms with van der Waals surface area (Å²) in [6, 6.07) is 11.9. The molecular formula is C22H14Cl3N3O4. The van der Waals surface area contributed by atoms with Crippen molar-refractivity contribution in [1.29, 1.82) is 0 Å². The van der Waals surface area contributed by atoms with Crippen LogP contribution in [0.4, 0.5) is 5.69 Å². The summed E-state index contributed by atoms with van der Waals surface area (Å²) in [4.78, 5) is 40.7. The number of hydrogen-bond donors (Lipinski definition) is 2. The Balaban J connectivity index is 1.73. The van der Waals surface area contributed by atoms with Gasteiger partial charge in [-0.15, -0.1) is 0 Å². The number of nitrogens with zero attached hydrogens (tertiary/aromatic N) is 2. The Hall–Kier alpha value is -3.13. The summed E-state index contributed by atoms with van der Waals surface area (Å²) in [7, 11) is 0. The molecule has 0 spiro atoms. The zero-order chi connectivity index (χ0) is 23.0. The van der Waals surface area contributed by atoms with Crippen LogP contribution in [-0.4, -0.2) is 26.5 Å². The molecule has 1 amide bonds. The van der Waals surface area contributed by atoms with Crippen LogP contribution >= 0.6 is 34.8 Å². The van der Waals surface area contributed by atoms with E-state index in [9.17, 15) is 14.4 Å². The molecule has 7 nitrogen and oxygen atoms in total. The normalized spacial score (nSPS) is 14.9. The van der Waals surface area contributed by atoms with E-state index in [-0.39, 0.29) is 11.2 Å². The molecule has 0 radical (unpaired) electrons. The largest absolute Gasteiger partial charge is 0.477 e. The summed E-state index contributed by atoms with van der Waals surface area (Å²) < 4.78 is 1.61. The van der Waals surface area contributed by atoms with Gasteiger partial charge in [-0.25, -0.2) is 9.78 Å². The number of carboxylic acids is 1. The van der Waals surface area contributed by atoms with E-state index in [1.807, 2.05) is 24.3 Å². The van der Waals surface area contributed by atoms with E-state index >= 15 is 0 Å². The minimum atomic E-state index is -1.52. The molecule has 3 aromatic rings. The standard InChI is InChI=1S/C22H14Cl3N3O4/c23-13-3-1-2-11(9-13)8-12-6-7-28-19(12)27-16-10-14(4-5-15(16)21(28)30)26-20(29)17(24)18(25)22(31)32/h1-5,8-10H,6-7H2,(H,26,29)(H,31,32)/b12-8+,18-17-. The molecule has 10 heteroatoms. The highest BCUT2D eigenvalue weighted by atomic mass is 35.5. The summed E-state index contributed by atoms with van der Waals surface area (Å²) in [6.07, 6.45) is 2.58. The first kappa shape index (κ1) is 22.1. The highest BCUT2D eigenvalue weighted by Crippen LogP contribution is 2.29. The van der Waals surface area contributed by atoms with Gasteiger partial charge in [0.15, 0.2) is 0 Å². The van der Waals surface area contributed by atoms with Crippen LogP contribution in [0.2, 0.25) is 5.02 Å². The maximum absolute atomic E-state index is 13.0. The van der Waals surface area contributed by atoms with E-state index in [0.717, 1.165) is 11.1 Å². The van der Waals surface area contributed by atoms with E-state index in [4.69, 9.17) is 39.9 Å². The first-order chi connectivity index (χ1) is 15.2. The van der Waals surface area contributed by atoms with Gasteiger partial charge in [0.2, 0.25) is 0 Å². The maximum Gasteiger partial charge on any atom is 0.349 e. The van der Waals surface area contributed by atoms with Crippen molar-refractivity contribution >= 4 is 74.9 Å². The number of carbonyl (C=O) groups is 2. The van der Waals surface area contributed by atoms with E-state index in [2.05, 4.69) is 10.3 Å². The average Bonchev–Trinajstić information content (AvgIpc) is 3.15. The molecule has 2 heterocycles. The lowest BCUT2D eigenvalue weighted by Gasteiger charge is -2.09. The Morgan fingerprint density at radius 2 is 1.91 bits per heavy atom. The second kappa shape index (κ2) is 8.78. The van der Waals surface area contributed by atoms with Gasteiger partial charge in [-0.2, -0.15) is 0 Å². The van der Waals surface area contributed by atoms with Crippen LogP contribution in [0.15, 0.2) is 57.3 Å². The molecule has 0 aliphatic carbocycles. The van der Waals surface area contributed by atoms with Gasteiger partial charge in [0, 0.05) is 17.3 Å². The van der Waals surface area contributed by atoms with Crippen molar-refractivity contribution in [2.75, 3.05) is 5.32 Å². The molecule has 2 aromatic carbocycles. The lowest BCUT2D eigenvalue weighted by molar-refractivity contribution is -0.132. The van der Waals surface area contributed by atoms with Crippen molar-refractivity contribution < 1.29 is 14.7 Å². The third-order valence-corrected chi connectivity index (χ3v) is 5.92. The first-order valence-corrected chi connectivity index (χ1v) is 10.5. The van der Waals surface area contributed by atoms with Crippen molar-refractivity contribution in [3.8, 4) is 0 Å². The molecule has 0 saturated carbocycles. The summed E-state index contributed by atoms with van der Waals surface area (Å²) in [5.74, 6) is -1.87. The van der Waals surface area contributed by atoms with Crippen LogP contribution in [0.1, 0.15) is 17.8 Å². The molecule has 162 valence electrons. The minimum absolute atomic E-state index is 0.191. The van der Waals surface area contributed by atoms with Gasteiger partial charge < -0.3 is 10.4 Å². The van der Waals surface area contributed by atoms with Gasteiger partial charge in [-0.1, -0.05) is 46.9 Å². The number of fused-ring (bicyclic) bond motifs is 2. The average molecular weight is 491 g/mol. The SMILES string of the molecule is O=C(O)/C(Cl)=C(/Cl)C(=O)Nc1ccc2c(=O)n3c(nc2c1)/C(=C/c1cccc(Cl)c1)CC3. The quantitative estimate of drug-likeness (QED) is 0.516. The number of halogens is 3. The predicted molar refractivity (Wildman–Crippen MR) is 125 cm³/mol. The number of nitrogens with one attached hydrogen (secondary N) is 1. The number of amides is 1. The number of benzene rings is 2. The third kappa shape index (κ3) is 4.27. The molecule has 0 unspecified atom stereocenters. The van der Waals surface area contributed by atoms with Crippen molar-refractivity contribution in [2.24, 2.45) is 0 Å². The third-order valence-electron chi connectivity index (χ3n) is 4.87. The molecular weight excluding hydrogens is 477 g/mol. The Morgan fingerprint density at radius 3 is 2.62 bits per heavy atom. The van der Waals surface area contributed by atoms with E-state index < -0.39 is 21.9 Å². The molecule has 1 aromatic heterocycles. The Morgan fingerprint density at radius 1 is 1.12 bits per heavy atom. The zero-order valence-corrected chi connectivity index (χ0v) is 18.5.